The molecule has 0 N–H and O–H groups in total. The van der Waals surface area contributed by atoms with Gasteiger partial charge in [0, 0.05) is 0 Å². The summed E-state index contributed by atoms with van der Waals surface area (Å²) in [7, 11) is 0. The molecule has 1 aliphatic rings. The van der Waals surface area contributed by atoms with Crippen LogP contribution >= 0.6 is 0 Å². The van der Waals surface area contributed by atoms with Crippen molar-refractivity contribution < 1.29 is 0 Å². The first kappa shape index (κ1) is 11.4. The Morgan fingerprint density at radius 1 is 0.938 bits per heavy atom. The van der Waals surface area contributed by atoms with Crippen molar-refractivity contribution in [3.63, 3.8) is 0 Å². The second-order valence-electron chi connectivity index (χ2n) is 5.49. The van der Waals surface area contributed by atoms with Crippen LogP contribution in [0.15, 0.2) is 23.8 Å². The van der Waals surface area contributed by atoms with Crippen LogP contribution in [0.5, 0.6) is 0 Å². The summed E-state index contributed by atoms with van der Waals surface area (Å²) in [5.74, 6) is 1.32. The lowest BCUT2D eigenvalue weighted by Gasteiger charge is -2.20. The quantitative estimate of drug-likeness (QED) is 0.663. The second-order valence-corrected chi connectivity index (χ2v) is 5.49. The van der Waals surface area contributed by atoms with Crippen molar-refractivity contribution >= 4 is 6.08 Å². The average Bonchev–Trinajstić information content (AvgIpc) is 2.27. The van der Waals surface area contributed by atoms with Crippen molar-refractivity contribution in [2.24, 2.45) is 5.92 Å². The Kier molecular flexibility index (Phi) is 3.18. The third kappa shape index (κ3) is 2.21. The fourth-order valence-corrected chi connectivity index (χ4v) is 2.34. The predicted octanol–water partition coefficient (Wildman–Crippen LogP) is 4.80. The van der Waals surface area contributed by atoms with Crippen molar-refractivity contribution in [1.82, 2.24) is 0 Å². The summed E-state index contributed by atoms with van der Waals surface area (Å²) in [6.45, 7) is 9.11. The standard InChI is InChI=1S/C16H22/c1-11(2)14-7-5-13-6-8-15(12(3)4)10-16(13)9-14/h5,7,9-12H,6,8H2,1-4H3. The fraction of sp³-hybridized carbons (Fsp3) is 0.500. The molecule has 0 aromatic heterocycles. The maximum absolute atomic E-state index is 2.41. The van der Waals surface area contributed by atoms with E-state index in [0.717, 1.165) is 0 Å². The van der Waals surface area contributed by atoms with E-state index in [2.05, 4.69) is 52.0 Å². The van der Waals surface area contributed by atoms with E-state index >= 15 is 0 Å². The summed E-state index contributed by atoms with van der Waals surface area (Å²) in [5, 5.41) is 0. The van der Waals surface area contributed by atoms with Crippen LogP contribution in [0.2, 0.25) is 0 Å². The minimum absolute atomic E-state index is 0.628. The molecule has 1 aromatic rings. The average molecular weight is 214 g/mol. The van der Waals surface area contributed by atoms with Crippen LogP contribution in [0.1, 0.15) is 56.7 Å². The highest BCUT2D eigenvalue weighted by Crippen LogP contribution is 2.30. The summed E-state index contributed by atoms with van der Waals surface area (Å²) < 4.78 is 0. The molecule has 2 rings (SSSR count). The van der Waals surface area contributed by atoms with E-state index in [9.17, 15) is 0 Å². The molecule has 0 atom stereocenters. The van der Waals surface area contributed by atoms with E-state index < -0.39 is 0 Å². The molecule has 0 heteroatoms. The largest absolute Gasteiger partial charge is 0.0667 e. The van der Waals surface area contributed by atoms with Crippen LogP contribution in [0.3, 0.4) is 0 Å². The molecule has 0 radical (unpaired) electrons. The molecule has 0 saturated carbocycles. The van der Waals surface area contributed by atoms with Gasteiger partial charge in [-0.15, -0.1) is 0 Å². The van der Waals surface area contributed by atoms with Gasteiger partial charge in [0.05, 0.1) is 0 Å². The van der Waals surface area contributed by atoms with Crippen LogP contribution in [0.4, 0.5) is 0 Å². The maximum atomic E-state index is 2.41. The van der Waals surface area contributed by atoms with Gasteiger partial charge in [-0.2, -0.15) is 0 Å². The normalized spacial score (nSPS) is 15.2. The molecule has 1 aromatic carbocycles. The number of allylic oxidation sites excluding steroid dienone is 1. The van der Waals surface area contributed by atoms with Gasteiger partial charge in [0.25, 0.3) is 0 Å². The van der Waals surface area contributed by atoms with Crippen LogP contribution < -0.4 is 0 Å². The van der Waals surface area contributed by atoms with E-state index in [4.69, 9.17) is 0 Å². The van der Waals surface area contributed by atoms with E-state index in [1.165, 1.54) is 29.5 Å². The van der Waals surface area contributed by atoms with Gasteiger partial charge in [-0.05, 0) is 41.4 Å². The molecule has 0 bridgehead atoms. The molecule has 1 aliphatic carbocycles. The van der Waals surface area contributed by atoms with Gasteiger partial charge in [-0.3, -0.25) is 0 Å². The Balaban J connectivity index is 2.39. The molecule has 0 nitrogen and oxygen atoms in total. The molecule has 0 aliphatic heterocycles. The predicted molar refractivity (Wildman–Crippen MR) is 71.7 cm³/mol. The molecule has 0 amide bonds. The number of fused-ring (bicyclic) bond motifs is 1. The Morgan fingerprint density at radius 2 is 1.69 bits per heavy atom. The third-order valence-electron chi connectivity index (χ3n) is 3.60. The van der Waals surface area contributed by atoms with Crippen molar-refractivity contribution in [2.75, 3.05) is 0 Å². The first-order valence-electron chi connectivity index (χ1n) is 6.41. The van der Waals surface area contributed by atoms with Gasteiger partial charge >= 0.3 is 0 Å². The smallest absolute Gasteiger partial charge is 0.0219 e. The third-order valence-corrected chi connectivity index (χ3v) is 3.60. The highest BCUT2D eigenvalue weighted by atomic mass is 14.2. The number of aryl methyl sites for hydroxylation is 1. The summed E-state index contributed by atoms with van der Waals surface area (Å²) >= 11 is 0. The second kappa shape index (κ2) is 4.45. The molecular formula is C16H22. The van der Waals surface area contributed by atoms with Crippen molar-refractivity contribution in [3.05, 3.63) is 40.5 Å². The minimum Gasteiger partial charge on any atom is -0.0667 e. The Bertz CT molecular complexity index is 408. The van der Waals surface area contributed by atoms with Crippen LogP contribution in [0.25, 0.3) is 6.08 Å². The summed E-state index contributed by atoms with van der Waals surface area (Å²) in [4.78, 5) is 0. The molecule has 0 heterocycles. The highest BCUT2D eigenvalue weighted by molar-refractivity contribution is 5.61. The molecule has 0 fully saturated rings. The zero-order valence-corrected chi connectivity index (χ0v) is 10.9. The van der Waals surface area contributed by atoms with E-state index in [1.807, 2.05) is 0 Å². The van der Waals surface area contributed by atoms with Gasteiger partial charge in [-0.25, -0.2) is 0 Å². The lowest BCUT2D eigenvalue weighted by atomic mass is 9.85. The molecule has 86 valence electrons. The van der Waals surface area contributed by atoms with Gasteiger partial charge in [0.2, 0.25) is 0 Å². The van der Waals surface area contributed by atoms with Gasteiger partial charge in [0.15, 0.2) is 0 Å². The molecular weight excluding hydrogens is 192 g/mol. The number of hydrogen-bond acceptors (Lipinski definition) is 0. The van der Waals surface area contributed by atoms with E-state index in [1.54, 1.807) is 5.57 Å². The van der Waals surface area contributed by atoms with Crippen LogP contribution in [0, 0.1) is 5.92 Å². The van der Waals surface area contributed by atoms with Gasteiger partial charge < -0.3 is 0 Å². The minimum atomic E-state index is 0.628. The lowest BCUT2D eigenvalue weighted by molar-refractivity contribution is 0.708. The maximum Gasteiger partial charge on any atom is -0.0219 e. The summed E-state index contributed by atoms with van der Waals surface area (Å²) in [6, 6.07) is 6.98. The summed E-state index contributed by atoms with van der Waals surface area (Å²) in [5.41, 5.74) is 6.04. The van der Waals surface area contributed by atoms with Crippen LogP contribution in [-0.4, -0.2) is 0 Å². The zero-order chi connectivity index (χ0) is 11.7. The number of hydrogen-bond donors (Lipinski definition) is 0. The molecule has 0 saturated heterocycles. The van der Waals surface area contributed by atoms with E-state index in [0.29, 0.717) is 11.8 Å². The Morgan fingerprint density at radius 3 is 2.31 bits per heavy atom. The van der Waals surface area contributed by atoms with E-state index in [-0.39, 0.29) is 0 Å². The number of rotatable bonds is 2. The van der Waals surface area contributed by atoms with Gasteiger partial charge in [0.1, 0.15) is 0 Å². The fourth-order valence-electron chi connectivity index (χ4n) is 2.34. The summed E-state index contributed by atoms with van der Waals surface area (Å²) in [6.07, 6.45) is 4.87. The van der Waals surface area contributed by atoms with Crippen LogP contribution in [-0.2, 0) is 6.42 Å². The van der Waals surface area contributed by atoms with Gasteiger partial charge in [-0.1, -0.05) is 57.5 Å². The lowest BCUT2D eigenvalue weighted by Crippen LogP contribution is -2.04. The topological polar surface area (TPSA) is 0 Å². The molecule has 0 spiro atoms. The highest BCUT2D eigenvalue weighted by Gasteiger charge is 2.13. The SMILES string of the molecule is CC(C)C1=Cc2cc(C(C)C)ccc2CC1. The zero-order valence-electron chi connectivity index (χ0n) is 10.9. The first-order chi connectivity index (χ1) is 7.58. The number of benzene rings is 1. The van der Waals surface area contributed by atoms with Crippen molar-refractivity contribution in [2.45, 2.75) is 46.5 Å². The monoisotopic (exact) mass is 214 g/mol. The van der Waals surface area contributed by atoms with Crippen molar-refractivity contribution in [1.29, 1.82) is 0 Å². The Labute approximate surface area is 99.4 Å². The molecule has 16 heavy (non-hydrogen) atoms. The first-order valence-corrected chi connectivity index (χ1v) is 6.41. The molecule has 0 unspecified atom stereocenters. The Hall–Kier alpha value is -1.04. The van der Waals surface area contributed by atoms with Crippen molar-refractivity contribution in [3.8, 4) is 0 Å².